The number of amides is 1. The van der Waals surface area contributed by atoms with Gasteiger partial charge in [0.15, 0.2) is 0 Å². The van der Waals surface area contributed by atoms with Crippen LogP contribution in [0, 0.1) is 5.82 Å². The van der Waals surface area contributed by atoms with Crippen LogP contribution < -0.4 is 5.73 Å². The molecule has 5 nitrogen and oxygen atoms in total. The summed E-state index contributed by atoms with van der Waals surface area (Å²) in [6.07, 6.45) is -4.51. The van der Waals surface area contributed by atoms with Crippen LogP contribution in [0.2, 0.25) is 0 Å². The molecule has 0 aliphatic carbocycles. The van der Waals surface area contributed by atoms with E-state index in [1.165, 1.54) is 0 Å². The first-order valence-corrected chi connectivity index (χ1v) is 8.86. The van der Waals surface area contributed by atoms with Crippen molar-refractivity contribution in [1.82, 2.24) is 4.90 Å². The number of halogens is 4. The molecule has 2 aromatic rings. The highest BCUT2D eigenvalue weighted by Crippen LogP contribution is 2.30. The molecule has 3 N–H and O–H groups in total. The van der Waals surface area contributed by atoms with Crippen LogP contribution in [-0.4, -0.2) is 42.2 Å². The van der Waals surface area contributed by atoms with E-state index in [4.69, 9.17) is 15.6 Å². The Morgan fingerprint density at radius 2 is 1.79 bits per heavy atom. The van der Waals surface area contributed by atoms with Crippen molar-refractivity contribution in [3.05, 3.63) is 70.5 Å². The summed E-state index contributed by atoms with van der Waals surface area (Å²) in [6, 6.07) is 9.37. The molecule has 9 heteroatoms. The largest absolute Gasteiger partial charge is 0.416 e. The third kappa shape index (κ3) is 7.12. The molecule has 1 aliphatic rings. The number of aliphatic hydroxyl groups excluding tert-OH is 1. The van der Waals surface area contributed by atoms with E-state index in [9.17, 15) is 22.4 Å². The average molecular weight is 414 g/mol. The van der Waals surface area contributed by atoms with E-state index in [1.54, 1.807) is 24.3 Å². The van der Waals surface area contributed by atoms with Crippen LogP contribution in [0.5, 0.6) is 0 Å². The predicted molar refractivity (Wildman–Crippen MR) is 98.4 cm³/mol. The first kappa shape index (κ1) is 22.8. The fraction of sp³-hybridized carbons (Fsp3) is 0.350. The fourth-order valence-electron chi connectivity index (χ4n) is 2.82. The number of alkyl halides is 3. The first-order chi connectivity index (χ1) is 13.7. The Labute approximate surface area is 165 Å². The van der Waals surface area contributed by atoms with Crippen LogP contribution in [0.3, 0.4) is 0 Å². The number of hydrogen-bond acceptors (Lipinski definition) is 4. The fourth-order valence-corrected chi connectivity index (χ4v) is 2.82. The number of morpholine rings is 1. The summed E-state index contributed by atoms with van der Waals surface area (Å²) in [7, 11) is 0. The second-order valence-corrected chi connectivity index (χ2v) is 6.41. The lowest BCUT2D eigenvalue weighted by atomic mass is 10.1. The van der Waals surface area contributed by atoms with Gasteiger partial charge >= 0.3 is 6.18 Å². The van der Waals surface area contributed by atoms with Crippen LogP contribution in [0.25, 0.3) is 0 Å². The standard InChI is InChI=1S/C12H13F4NO.C8H9NO2/c13-11-6-9(5-10(7-11)12(14,15)16)8-17-1-3-18-4-2-17;9-8(11)7-4-2-1-3-6(7)5-10/h5-7H,1-4,8H2;1-4,10H,5H2,(H2,9,11). The van der Waals surface area contributed by atoms with E-state index in [2.05, 4.69) is 0 Å². The number of rotatable bonds is 4. The number of nitrogens with zero attached hydrogens (tertiary/aromatic N) is 1. The third-order valence-corrected chi connectivity index (χ3v) is 4.25. The number of carbonyl (C=O) groups excluding carboxylic acids is 1. The van der Waals surface area contributed by atoms with E-state index in [-0.39, 0.29) is 6.61 Å². The van der Waals surface area contributed by atoms with Gasteiger partial charge in [-0.05, 0) is 35.4 Å². The number of carbonyl (C=O) groups is 1. The first-order valence-electron chi connectivity index (χ1n) is 8.86. The van der Waals surface area contributed by atoms with Gasteiger partial charge in [-0.1, -0.05) is 18.2 Å². The van der Waals surface area contributed by atoms with Crippen LogP contribution in [0.1, 0.15) is 27.0 Å². The summed E-state index contributed by atoms with van der Waals surface area (Å²) in [6.45, 7) is 2.57. The SMILES string of the molecule is Fc1cc(CN2CCOCC2)cc(C(F)(F)F)c1.NC(=O)c1ccccc1CO. The zero-order valence-corrected chi connectivity index (χ0v) is 15.6. The molecule has 0 unspecified atom stereocenters. The number of ether oxygens (including phenoxy) is 1. The molecule has 0 aromatic heterocycles. The Balaban J connectivity index is 0.000000234. The molecule has 0 spiro atoms. The molecule has 2 aromatic carbocycles. The van der Waals surface area contributed by atoms with Crippen LogP contribution in [0.15, 0.2) is 42.5 Å². The van der Waals surface area contributed by atoms with Gasteiger partial charge in [0, 0.05) is 25.2 Å². The summed E-state index contributed by atoms with van der Waals surface area (Å²) >= 11 is 0. The maximum absolute atomic E-state index is 13.2. The van der Waals surface area contributed by atoms with Crippen molar-refractivity contribution in [3.8, 4) is 0 Å². The lowest BCUT2D eigenvalue weighted by molar-refractivity contribution is -0.137. The Kier molecular flexibility index (Phi) is 8.12. The molecule has 0 atom stereocenters. The number of hydrogen-bond donors (Lipinski definition) is 2. The van der Waals surface area contributed by atoms with Crippen molar-refractivity contribution >= 4 is 5.91 Å². The van der Waals surface area contributed by atoms with Gasteiger partial charge < -0.3 is 15.6 Å². The van der Waals surface area contributed by atoms with Crippen molar-refractivity contribution in [1.29, 1.82) is 0 Å². The molecule has 1 aliphatic heterocycles. The number of aliphatic hydroxyl groups is 1. The second-order valence-electron chi connectivity index (χ2n) is 6.41. The number of nitrogens with two attached hydrogens (primary N) is 1. The molecule has 0 radical (unpaired) electrons. The lowest BCUT2D eigenvalue weighted by Crippen LogP contribution is -2.35. The van der Waals surface area contributed by atoms with E-state index < -0.39 is 23.5 Å². The minimum absolute atomic E-state index is 0.154. The highest BCUT2D eigenvalue weighted by atomic mass is 19.4. The lowest BCUT2D eigenvalue weighted by Gasteiger charge is -2.26. The Bertz CT molecular complexity index is 822. The van der Waals surface area contributed by atoms with E-state index in [0.717, 1.165) is 12.1 Å². The Morgan fingerprint density at radius 3 is 2.34 bits per heavy atom. The van der Waals surface area contributed by atoms with Gasteiger partial charge in [0.25, 0.3) is 0 Å². The molecule has 158 valence electrons. The third-order valence-electron chi connectivity index (χ3n) is 4.25. The van der Waals surface area contributed by atoms with Gasteiger partial charge in [0.05, 0.1) is 25.4 Å². The monoisotopic (exact) mass is 414 g/mol. The molecule has 1 saturated heterocycles. The van der Waals surface area contributed by atoms with Crippen LogP contribution >= 0.6 is 0 Å². The Hall–Kier alpha value is -2.49. The van der Waals surface area contributed by atoms with Crippen LogP contribution in [0.4, 0.5) is 17.6 Å². The normalized spacial score (nSPS) is 14.8. The summed E-state index contributed by atoms with van der Waals surface area (Å²) in [5.74, 6) is -1.36. The summed E-state index contributed by atoms with van der Waals surface area (Å²) in [4.78, 5) is 12.6. The highest BCUT2D eigenvalue weighted by molar-refractivity contribution is 5.94. The van der Waals surface area contributed by atoms with E-state index >= 15 is 0 Å². The minimum atomic E-state index is -4.51. The molecule has 1 fully saturated rings. The van der Waals surface area contributed by atoms with Gasteiger partial charge in [-0.2, -0.15) is 13.2 Å². The molecule has 0 saturated carbocycles. The quantitative estimate of drug-likeness (QED) is 0.755. The van der Waals surface area contributed by atoms with Gasteiger partial charge in [-0.15, -0.1) is 0 Å². The molecular formula is C20H22F4N2O3. The topological polar surface area (TPSA) is 75.8 Å². The van der Waals surface area contributed by atoms with Gasteiger partial charge in [0.1, 0.15) is 5.82 Å². The molecule has 3 rings (SSSR count). The highest BCUT2D eigenvalue weighted by Gasteiger charge is 2.31. The molecule has 1 heterocycles. The van der Waals surface area contributed by atoms with Gasteiger partial charge in [0.2, 0.25) is 5.91 Å². The number of primary amides is 1. The van der Waals surface area contributed by atoms with Gasteiger partial charge in [-0.3, -0.25) is 9.69 Å². The maximum Gasteiger partial charge on any atom is 0.416 e. The summed E-state index contributed by atoms with van der Waals surface area (Å²) in [5, 5.41) is 8.76. The van der Waals surface area contributed by atoms with Crippen molar-refractivity contribution in [2.45, 2.75) is 19.3 Å². The van der Waals surface area contributed by atoms with Gasteiger partial charge in [-0.25, -0.2) is 4.39 Å². The Morgan fingerprint density at radius 1 is 1.14 bits per heavy atom. The molecule has 0 bridgehead atoms. The van der Waals surface area contributed by atoms with Crippen molar-refractivity contribution in [3.63, 3.8) is 0 Å². The van der Waals surface area contributed by atoms with Crippen molar-refractivity contribution in [2.24, 2.45) is 5.73 Å². The molecule has 29 heavy (non-hydrogen) atoms. The van der Waals surface area contributed by atoms with E-state index in [1.807, 2.05) is 4.90 Å². The molecular weight excluding hydrogens is 392 g/mol. The van der Waals surface area contributed by atoms with E-state index in [0.29, 0.717) is 55.6 Å². The number of benzene rings is 2. The average Bonchev–Trinajstić information content (AvgIpc) is 2.68. The summed E-state index contributed by atoms with van der Waals surface area (Å²) < 4.78 is 55.9. The van der Waals surface area contributed by atoms with Crippen molar-refractivity contribution in [2.75, 3.05) is 26.3 Å². The maximum atomic E-state index is 13.2. The predicted octanol–water partition coefficient (Wildman–Crippen LogP) is 2.95. The zero-order valence-electron chi connectivity index (χ0n) is 15.6. The van der Waals surface area contributed by atoms with Crippen molar-refractivity contribution < 1.29 is 32.2 Å². The van der Waals surface area contributed by atoms with Crippen LogP contribution in [-0.2, 0) is 24.1 Å². The second kappa shape index (κ2) is 10.3. The zero-order chi connectivity index (χ0) is 21.4. The minimum Gasteiger partial charge on any atom is -0.392 e. The summed E-state index contributed by atoms with van der Waals surface area (Å²) in [5.41, 5.74) is 5.39. The molecule has 1 amide bonds. The smallest absolute Gasteiger partial charge is 0.392 e.